The van der Waals surface area contributed by atoms with Crippen LogP contribution in [0.15, 0.2) is 77.4 Å². The van der Waals surface area contributed by atoms with E-state index in [9.17, 15) is 4.79 Å². The number of hydrogen-bond acceptors (Lipinski definition) is 4. The molecule has 26 heavy (non-hydrogen) atoms. The Morgan fingerprint density at radius 2 is 1.81 bits per heavy atom. The number of Topliss-reactive ketones (excluding diaryl/α,β-unsaturated/α-hetero) is 1. The lowest BCUT2D eigenvalue weighted by atomic mass is 9.98. The van der Waals surface area contributed by atoms with Crippen LogP contribution in [0.3, 0.4) is 0 Å². The second-order valence-corrected chi connectivity index (χ2v) is 6.74. The van der Waals surface area contributed by atoms with E-state index in [0.717, 1.165) is 21.6 Å². The number of methoxy groups -OCH3 is 1. The third-order valence-corrected chi connectivity index (χ3v) is 4.52. The molecule has 4 nitrogen and oxygen atoms in total. The maximum absolute atomic E-state index is 12.8. The van der Waals surface area contributed by atoms with Gasteiger partial charge in [-0.25, -0.2) is 4.98 Å². The van der Waals surface area contributed by atoms with E-state index < -0.39 is 0 Å². The fraction of sp³-hybridized carbons (Fsp3) is 0.143. The summed E-state index contributed by atoms with van der Waals surface area (Å²) in [7, 11) is 1.61. The molecule has 1 heterocycles. The summed E-state index contributed by atoms with van der Waals surface area (Å²) >= 11 is 3.38. The fourth-order valence-electron chi connectivity index (χ4n) is 2.66. The molecule has 0 aliphatic heterocycles. The van der Waals surface area contributed by atoms with Crippen LogP contribution >= 0.6 is 15.9 Å². The number of nitrogens with one attached hydrogen (secondary N) is 1. The van der Waals surface area contributed by atoms with E-state index >= 15 is 0 Å². The van der Waals surface area contributed by atoms with Crippen molar-refractivity contribution in [1.82, 2.24) is 4.98 Å². The van der Waals surface area contributed by atoms with Crippen LogP contribution in [-0.4, -0.2) is 17.9 Å². The van der Waals surface area contributed by atoms with Crippen molar-refractivity contribution in [3.8, 4) is 5.75 Å². The Labute approximate surface area is 161 Å². The van der Waals surface area contributed by atoms with Gasteiger partial charge in [0, 0.05) is 22.7 Å². The first-order chi connectivity index (χ1) is 12.7. The number of ether oxygens (including phenoxy) is 1. The Balaban J connectivity index is 1.80. The zero-order valence-electron chi connectivity index (χ0n) is 14.4. The van der Waals surface area contributed by atoms with Crippen LogP contribution in [0.2, 0.25) is 0 Å². The maximum atomic E-state index is 12.8. The minimum absolute atomic E-state index is 0.0612. The Bertz CT molecular complexity index is 849. The van der Waals surface area contributed by atoms with Crippen LogP contribution in [0.1, 0.15) is 28.4 Å². The Kier molecular flexibility index (Phi) is 6.02. The molecular weight excluding hydrogens is 392 g/mol. The highest BCUT2D eigenvalue weighted by molar-refractivity contribution is 9.10. The van der Waals surface area contributed by atoms with Gasteiger partial charge in [0.25, 0.3) is 0 Å². The molecule has 0 saturated carbocycles. The molecule has 1 N–H and O–H groups in total. The molecule has 132 valence electrons. The normalized spacial score (nSPS) is 11.6. The molecule has 0 saturated heterocycles. The predicted octanol–water partition coefficient (Wildman–Crippen LogP) is 5.28. The molecule has 1 aromatic heterocycles. The molecule has 3 rings (SSSR count). The molecule has 0 radical (unpaired) electrons. The number of aromatic nitrogens is 1. The molecule has 1 atom stereocenters. The third kappa shape index (κ3) is 4.70. The summed E-state index contributed by atoms with van der Waals surface area (Å²) in [6, 6.07) is 20.7. The number of carbonyl (C=O) groups is 1. The van der Waals surface area contributed by atoms with Crippen LogP contribution in [-0.2, 0) is 0 Å². The molecular formula is C21H19BrN2O2. The lowest BCUT2D eigenvalue weighted by molar-refractivity contribution is 0.0976. The molecule has 5 heteroatoms. The summed E-state index contributed by atoms with van der Waals surface area (Å²) in [6.07, 6.45) is 2.06. The van der Waals surface area contributed by atoms with Crippen molar-refractivity contribution in [1.29, 1.82) is 0 Å². The molecule has 0 aliphatic rings. The van der Waals surface area contributed by atoms with Gasteiger partial charge in [-0.2, -0.15) is 0 Å². The first-order valence-corrected chi connectivity index (χ1v) is 9.05. The fourth-order valence-corrected chi connectivity index (χ4v) is 2.89. The number of nitrogens with zero attached hydrogens (tertiary/aromatic N) is 1. The number of ketones is 1. The topological polar surface area (TPSA) is 51.2 Å². The Morgan fingerprint density at radius 1 is 1.08 bits per heavy atom. The summed E-state index contributed by atoms with van der Waals surface area (Å²) in [5.41, 5.74) is 1.70. The number of benzene rings is 2. The van der Waals surface area contributed by atoms with E-state index in [4.69, 9.17) is 4.74 Å². The molecule has 1 unspecified atom stereocenters. The number of halogens is 1. The van der Waals surface area contributed by atoms with Crippen molar-refractivity contribution in [2.45, 2.75) is 12.5 Å². The summed E-state index contributed by atoms with van der Waals surface area (Å²) < 4.78 is 6.06. The van der Waals surface area contributed by atoms with Crippen molar-refractivity contribution in [2.24, 2.45) is 0 Å². The molecule has 3 aromatic rings. The van der Waals surface area contributed by atoms with Gasteiger partial charge in [0.1, 0.15) is 11.6 Å². The quantitative estimate of drug-likeness (QED) is 0.538. The lowest BCUT2D eigenvalue weighted by Crippen LogP contribution is -2.16. The second-order valence-electron chi connectivity index (χ2n) is 5.83. The van der Waals surface area contributed by atoms with Gasteiger partial charge in [-0.05, 0) is 57.9 Å². The van der Waals surface area contributed by atoms with E-state index in [1.165, 1.54) is 0 Å². The molecule has 2 aromatic carbocycles. The van der Waals surface area contributed by atoms with Gasteiger partial charge in [-0.3, -0.25) is 4.79 Å². The first-order valence-electron chi connectivity index (χ1n) is 8.26. The number of anilines is 1. The Hall–Kier alpha value is -2.66. The number of carbonyl (C=O) groups excluding carboxylic acids is 1. The van der Waals surface area contributed by atoms with Crippen molar-refractivity contribution in [2.75, 3.05) is 12.4 Å². The molecule has 0 fully saturated rings. The van der Waals surface area contributed by atoms with Gasteiger partial charge >= 0.3 is 0 Å². The summed E-state index contributed by atoms with van der Waals surface area (Å²) in [6.45, 7) is 0. The number of hydrogen-bond donors (Lipinski definition) is 1. The maximum Gasteiger partial charge on any atom is 0.165 e. The van der Waals surface area contributed by atoms with E-state index in [-0.39, 0.29) is 11.8 Å². The average Bonchev–Trinajstić information content (AvgIpc) is 2.70. The minimum atomic E-state index is -0.167. The molecule has 0 amide bonds. The van der Waals surface area contributed by atoms with Crippen LogP contribution in [0, 0.1) is 0 Å². The van der Waals surface area contributed by atoms with Crippen molar-refractivity contribution in [3.63, 3.8) is 0 Å². The third-order valence-electron chi connectivity index (χ3n) is 4.05. The first kappa shape index (κ1) is 18.1. The summed E-state index contributed by atoms with van der Waals surface area (Å²) in [4.78, 5) is 17.1. The van der Waals surface area contributed by atoms with Gasteiger partial charge < -0.3 is 10.1 Å². The smallest absolute Gasteiger partial charge is 0.165 e. The van der Waals surface area contributed by atoms with Crippen molar-refractivity contribution >= 4 is 27.5 Å². The summed E-state index contributed by atoms with van der Waals surface area (Å²) in [5.74, 6) is 1.52. The van der Waals surface area contributed by atoms with Crippen molar-refractivity contribution < 1.29 is 9.53 Å². The highest BCUT2D eigenvalue weighted by Gasteiger charge is 2.18. The van der Waals surface area contributed by atoms with Crippen LogP contribution in [0.4, 0.5) is 5.82 Å². The SMILES string of the molecule is COc1ccc(C(=O)CC(Nc2ccc(Br)cn2)c2ccccc2)cc1. The number of pyridine rings is 1. The van der Waals surface area contributed by atoms with Crippen LogP contribution < -0.4 is 10.1 Å². The van der Waals surface area contributed by atoms with Gasteiger partial charge in [0.05, 0.1) is 13.2 Å². The van der Waals surface area contributed by atoms with E-state index in [0.29, 0.717) is 12.0 Å². The molecule has 0 bridgehead atoms. The van der Waals surface area contributed by atoms with Crippen LogP contribution in [0.5, 0.6) is 5.75 Å². The monoisotopic (exact) mass is 410 g/mol. The summed E-state index contributed by atoms with van der Waals surface area (Å²) in [5, 5.41) is 3.37. The van der Waals surface area contributed by atoms with Crippen molar-refractivity contribution in [3.05, 3.63) is 88.5 Å². The van der Waals surface area contributed by atoms with E-state index in [1.807, 2.05) is 42.5 Å². The van der Waals surface area contributed by atoms with E-state index in [1.54, 1.807) is 37.6 Å². The standard InChI is InChI=1S/C21H19BrN2O2/c1-26-18-10-7-16(8-11-18)20(25)13-19(15-5-3-2-4-6-15)24-21-12-9-17(22)14-23-21/h2-12,14,19H,13H2,1H3,(H,23,24). The zero-order chi connectivity index (χ0) is 18.4. The van der Waals surface area contributed by atoms with Gasteiger partial charge in [0.15, 0.2) is 5.78 Å². The van der Waals surface area contributed by atoms with Gasteiger partial charge in [-0.15, -0.1) is 0 Å². The molecule has 0 aliphatic carbocycles. The van der Waals surface area contributed by atoms with Gasteiger partial charge in [0.2, 0.25) is 0 Å². The zero-order valence-corrected chi connectivity index (χ0v) is 15.9. The Morgan fingerprint density at radius 3 is 2.42 bits per heavy atom. The predicted molar refractivity (Wildman–Crippen MR) is 107 cm³/mol. The minimum Gasteiger partial charge on any atom is -0.497 e. The lowest BCUT2D eigenvalue weighted by Gasteiger charge is -2.19. The van der Waals surface area contributed by atoms with E-state index in [2.05, 4.69) is 26.2 Å². The highest BCUT2D eigenvalue weighted by Crippen LogP contribution is 2.25. The van der Waals surface area contributed by atoms with Gasteiger partial charge in [-0.1, -0.05) is 30.3 Å². The van der Waals surface area contributed by atoms with Crippen LogP contribution in [0.25, 0.3) is 0 Å². The highest BCUT2D eigenvalue weighted by atomic mass is 79.9. The molecule has 0 spiro atoms. The largest absolute Gasteiger partial charge is 0.497 e. The number of rotatable bonds is 7. The second kappa shape index (κ2) is 8.63. The average molecular weight is 411 g/mol.